The summed E-state index contributed by atoms with van der Waals surface area (Å²) in [5.41, 5.74) is -1.97. The molecular formula is C30H46O5. The van der Waals surface area contributed by atoms with Crippen LogP contribution in [0.15, 0.2) is 23.8 Å². The Kier molecular flexibility index (Phi) is 5.35. The number of carbonyl (C=O) groups is 1. The molecule has 0 spiro atoms. The van der Waals surface area contributed by atoms with E-state index in [4.69, 9.17) is 4.74 Å². The fourth-order valence-corrected chi connectivity index (χ4v) is 9.93. The second-order valence-electron chi connectivity index (χ2n) is 14.5. The summed E-state index contributed by atoms with van der Waals surface area (Å²) >= 11 is 0. The summed E-state index contributed by atoms with van der Waals surface area (Å²) in [6.07, 6.45) is 7.39. The minimum absolute atomic E-state index is 0.0913. The molecule has 5 aliphatic rings. The van der Waals surface area contributed by atoms with Crippen LogP contribution >= 0.6 is 0 Å². The molecule has 5 heteroatoms. The van der Waals surface area contributed by atoms with E-state index in [1.165, 1.54) is 5.57 Å². The van der Waals surface area contributed by atoms with Gasteiger partial charge in [0.05, 0.1) is 17.8 Å². The zero-order chi connectivity index (χ0) is 26.0. The lowest BCUT2D eigenvalue weighted by Gasteiger charge is -2.65. The maximum Gasteiger partial charge on any atom is 0.140 e. The van der Waals surface area contributed by atoms with Gasteiger partial charge in [-0.2, -0.15) is 0 Å². The first kappa shape index (κ1) is 25.6. The van der Waals surface area contributed by atoms with Crippen LogP contribution in [0.5, 0.6) is 0 Å². The van der Waals surface area contributed by atoms with Crippen LogP contribution in [0.2, 0.25) is 0 Å². The molecule has 0 aromatic heterocycles. The molecular weight excluding hydrogens is 440 g/mol. The lowest BCUT2D eigenvalue weighted by Crippen LogP contribution is -2.66. The van der Waals surface area contributed by atoms with Gasteiger partial charge in [-0.25, -0.2) is 0 Å². The molecule has 1 heterocycles. The van der Waals surface area contributed by atoms with Gasteiger partial charge in [0.2, 0.25) is 0 Å². The van der Waals surface area contributed by atoms with Gasteiger partial charge in [0.25, 0.3) is 0 Å². The third-order valence-corrected chi connectivity index (χ3v) is 12.0. The molecule has 0 saturated heterocycles. The number of Topliss-reactive ketones (excluding diaryl/α,β-unsaturated/α-hetero) is 1. The van der Waals surface area contributed by atoms with Crippen LogP contribution in [0.3, 0.4) is 0 Å². The smallest absolute Gasteiger partial charge is 0.140 e. The average Bonchev–Trinajstić information content (AvgIpc) is 2.93. The molecule has 0 aromatic rings. The molecule has 0 unspecified atom stereocenters. The molecule has 0 aromatic carbocycles. The van der Waals surface area contributed by atoms with Crippen LogP contribution in [-0.2, 0) is 9.53 Å². The highest BCUT2D eigenvalue weighted by molar-refractivity contribution is 5.88. The predicted molar refractivity (Wildman–Crippen MR) is 135 cm³/mol. The second kappa shape index (κ2) is 7.30. The molecule has 3 saturated carbocycles. The van der Waals surface area contributed by atoms with Crippen LogP contribution in [-0.4, -0.2) is 50.6 Å². The quantitative estimate of drug-likeness (QED) is 0.472. The molecule has 3 fully saturated rings. The Morgan fingerprint density at radius 2 is 1.60 bits per heavy atom. The fraction of sp³-hybridized carbons (Fsp3) is 0.833. The number of aliphatic hydroxyl groups excluding tert-OH is 3. The van der Waals surface area contributed by atoms with Gasteiger partial charge in [-0.1, -0.05) is 58.4 Å². The van der Waals surface area contributed by atoms with Gasteiger partial charge in [0, 0.05) is 23.2 Å². The van der Waals surface area contributed by atoms with Crippen LogP contribution in [0.4, 0.5) is 0 Å². The van der Waals surface area contributed by atoms with Crippen molar-refractivity contribution >= 4 is 5.78 Å². The van der Waals surface area contributed by atoms with Crippen molar-refractivity contribution in [3.63, 3.8) is 0 Å². The largest absolute Gasteiger partial charge is 0.393 e. The van der Waals surface area contributed by atoms with E-state index in [1.54, 1.807) is 6.08 Å². The summed E-state index contributed by atoms with van der Waals surface area (Å²) in [4.78, 5) is 14.3. The Morgan fingerprint density at radius 3 is 2.26 bits per heavy atom. The van der Waals surface area contributed by atoms with E-state index in [0.29, 0.717) is 19.3 Å². The molecule has 0 amide bonds. The molecule has 0 bridgehead atoms. The monoisotopic (exact) mass is 486 g/mol. The van der Waals surface area contributed by atoms with E-state index in [1.807, 2.05) is 26.8 Å². The molecule has 5 rings (SSSR count). The van der Waals surface area contributed by atoms with Crippen LogP contribution in [0.25, 0.3) is 0 Å². The highest BCUT2D eigenvalue weighted by Gasteiger charge is 2.75. The van der Waals surface area contributed by atoms with E-state index < -0.39 is 34.2 Å². The first-order chi connectivity index (χ1) is 15.9. The van der Waals surface area contributed by atoms with Crippen molar-refractivity contribution in [3.05, 3.63) is 23.8 Å². The maximum atomic E-state index is 14.3. The highest BCUT2D eigenvalue weighted by atomic mass is 16.5. The zero-order valence-corrected chi connectivity index (χ0v) is 22.9. The van der Waals surface area contributed by atoms with E-state index >= 15 is 0 Å². The number of ketones is 1. The number of ether oxygens (including phenoxy) is 1. The predicted octanol–water partition coefficient (Wildman–Crippen LogP) is 4.59. The topological polar surface area (TPSA) is 87.0 Å². The van der Waals surface area contributed by atoms with Crippen LogP contribution < -0.4 is 0 Å². The Labute approximate surface area is 211 Å². The minimum atomic E-state index is -0.995. The van der Waals surface area contributed by atoms with E-state index in [2.05, 4.69) is 40.7 Å². The summed E-state index contributed by atoms with van der Waals surface area (Å²) in [5.74, 6) is 0.114. The summed E-state index contributed by atoms with van der Waals surface area (Å²) in [6.45, 7) is 16.8. The first-order valence-electron chi connectivity index (χ1n) is 13.6. The molecule has 4 aliphatic carbocycles. The SMILES string of the molecule is CC1(C)C=C[C@@H](O)[C@@](C)([C@H]2[C@H](O)C[C@@]3(C)[C@@H]4CC=C5[C@@H](CC[C@H](O)C5(C)C)[C@]4(C)C(=O)C[C@]23C)O1. The summed E-state index contributed by atoms with van der Waals surface area (Å²) in [5, 5.41) is 33.6. The Hall–Kier alpha value is -1.01. The Bertz CT molecular complexity index is 995. The molecule has 5 nitrogen and oxygen atoms in total. The Balaban J connectivity index is 1.62. The van der Waals surface area contributed by atoms with E-state index in [-0.39, 0.29) is 40.5 Å². The summed E-state index contributed by atoms with van der Waals surface area (Å²) < 4.78 is 6.56. The van der Waals surface area contributed by atoms with Gasteiger partial charge < -0.3 is 20.1 Å². The number of aliphatic hydroxyl groups is 3. The van der Waals surface area contributed by atoms with Crippen LogP contribution in [0.1, 0.15) is 87.5 Å². The van der Waals surface area contributed by atoms with Gasteiger partial charge in [0.15, 0.2) is 0 Å². The van der Waals surface area contributed by atoms with Crippen molar-refractivity contribution in [2.24, 2.45) is 39.4 Å². The summed E-state index contributed by atoms with van der Waals surface area (Å²) in [6, 6.07) is 0. The number of hydrogen-bond acceptors (Lipinski definition) is 5. The van der Waals surface area contributed by atoms with Gasteiger partial charge in [-0.3, -0.25) is 4.79 Å². The third-order valence-electron chi connectivity index (χ3n) is 12.0. The number of hydrogen-bond donors (Lipinski definition) is 3. The maximum absolute atomic E-state index is 14.3. The van der Waals surface area contributed by atoms with E-state index in [0.717, 1.165) is 12.8 Å². The Morgan fingerprint density at radius 1 is 0.943 bits per heavy atom. The molecule has 196 valence electrons. The van der Waals surface area contributed by atoms with E-state index in [9.17, 15) is 20.1 Å². The molecule has 3 N–H and O–H groups in total. The third kappa shape index (κ3) is 3.05. The number of carbonyl (C=O) groups excluding carboxylic acids is 1. The van der Waals surface area contributed by atoms with Crippen LogP contribution in [0, 0.1) is 39.4 Å². The second-order valence-corrected chi connectivity index (χ2v) is 14.5. The number of fused-ring (bicyclic) bond motifs is 5. The molecule has 0 radical (unpaired) electrons. The fourth-order valence-electron chi connectivity index (χ4n) is 9.93. The summed E-state index contributed by atoms with van der Waals surface area (Å²) in [7, 11) is 0. The molecule has 35 heavy (non-hydrogen) atoms. The highest BCUT2D eigenvalue weighted by Crippen LogP contribution is 2.74. The molecule has 1 aliphatic heterocycles. The first-order valence-corrected chi connectivity index (χ1v) is 13.6. The lowest BCUT2D eigenvalue weighted by molar-refractivity contribution is -0.234. The van der Waals surface area contributed by atoms with Gasteiger partial charge >= 0.3 is 0 Å². The molecule has 10 atom stereocenters. The van der Waals surface area contributed by atoms with Gasteiger partial charge in [-0.05, 0) is 69.1 Å². The van der Waals surface area contributed by atoms with Crippen molar-refractivity contribution < 1.29 is 24.9 Å². The lowest BCUT2D eigenvalue weighted by atomic mass is 9.38. The standard InChI is InChI=1S/C30H46O5/c1-25(2)14-13-22(33)30(8,35-25)24-19(31)15-27(5)20-11-9-17-18(10-12-21(32)26(17,3)4)29(20,7)23(34)16-28(24,27)6/h9,13-14,18-22,24,31-33H,10-12,15-16H2,1-8H3/t18-,19-,20+,21+,22-,24+,27+,28-,29+,30+/m1/s1. The van der Waals surface area contributed by atoms with Gasteiger partial charge in [-0.15, -0.1) is 0 Å². The normalized spacial score (nSPS) is 54.5. The number of allylic oxidation sites excluding steroid dienone is 1. The average molecular weight is 487 g/mol. The van der Waals surface area contributed by atoms with Crippen molar-refractivity contribution in [3.8, 4) is 0 Å². The zero-order valence-electron chi connectivity index (χ0n) is 22.9. The van der Waals surface area contributed by atoms with Crippen molar-refractivity contribution in [1.29, 1.82) is 0 Å². The van der Waals surface area contributed by atoms with Crippen molar-refractivity contribution in [2.75, 3.05) is 0 Å². The van der Waals surface area contributed by atoms with Gasteiger partial charge in [0.1, 0.15) is 17.5 Å². The van der Waals surface area contributed by atoms with Crippen molar-refractivity contribution in [1.82, 2.24) is 0 Å². The van der Waals surface area contributed by atoms with Crippen molar-refractivity contribution in [2.45, 2.75) is 117 Å². The minimum Gasteiger partial charge on any atom is -0.393 e. The number of rotatable bonds is 1.